The lowest BCUT2D eigenvalue weighted by Gasteiger charge is -2.30. The molecule has 1 saturated heterocycles. The van der Waals surface area contributed by atoms with Crippen LogP contribution >= 0.6 is 0 Å². The molecule has 0 aliphatic carbocycles. The van der Waals surface area contributed by atoms with E-state index < -0.39 is 5.97 Å². The van der Waals surface area contributed by atoms with Gasteiger partial charge in [0.15, 0.2) is 0 Å². The Morgan fingerprint density at radius 2 is 2.25 bits per heavy atom. The van der Waals surface area contributed by atoms with Crippen LogP contribution in [0, 0.1) is 11.8 Å². The van der Waals surface area contributed by atoms with Crippen molar-refractivity contribution in [3.63, 3.8) is 0 Å². The van der Waals surface area contributed by atoms with Gasteiger partial charge in [-0.05, 0) is 25.3 Å². The van der Waals surface area contributed by atoms with Crippen LogP contribution in [-0.4, -0.2) is 23.7 Å². The first-order valence-corrected chi connectivity index (χ1v) is 4.57. The largest absolute Gasteiger partial charge is 0.481 e. The lowest BCUT2D eigenvalue weighted by Crippen LogP contribution is -2.43. The van der Waals surface area contributed by atoms with Crippen LogP contribution in [0.1, 0.15) is 26.7 Å². The summed E-state index contributed by atoms with van der Waals surface area (Å²) in [4.78, 5) is 10.7. The summed E-state index contributed by atoms with van der Waals surface area (Å²) >= 11 is 0. The SMILES string of the molecule is CC(C)C1CC(C(=O)O)CCN1. The van der Waals surface area contributed by atoms with Gasteiger partial charge in [0, 0.05) is 6.04 Å². The molecule has 0 bridgehead atoms. The molecule has 0 spiro atoms. The second-order valence-corrected chi connectivity index (χ2v) is 3.86. The van der Waals surface area contributed by atoms with Gasteiger partial charge < -0.3 is 10.4 Å². The number of carbonyl (C=O) groups is 1. The molecule has 1 heterocycles. The zero-order valence-electron chi connectivity index (χ0n) is 7.71. The van der Waals surface area contributed by atoms with Crippen LogP contribution in [0.3, 0.4) is 0 Å². The predicted octanol–water partition coefficient (Wildman–Crippen LogP) is 1.10. The fourth-order valence-electron chi connectivity index (χ4n) is 1.68. The molecular formula is C9H17NO2. The number of carboxylic acid groups (broad SMARTS) is 1. The molecule has 1 rings (SSSR count). The zero-order valence-corrected chi connectivity index (χ0v) is 7.71. The van der Waals surface area contributed by atoms with Gasteiger partial charge in [-0.2, -0.15) is 0 Å². The summed E-state index contributed by atoms with van der Waals surface area (Å²) in [5.74, 6) is -0.229. The minimum absolute atomic E-state index is 0.126. The summed E-state index contributed by atoms with van der Waals surface area (Å²) in [6, 6.07) is 0.389. The van der Waals surface area contributed by atoms with E-state index in [0.717, 1.165) is 19.4 Å². The molecule has 1 fully saturated rings. The quantitative estimate of drug-likeness (QED) is 0.654. The van der Waals surface area contributed by atoms with Gasteiger partial charge in [0.1, 0.15) is 0 Å². The predicted molar refractivity (Wildman–Crippen MR) is 47.0 cm³/mol. The molecule has 3 nitrogen and oxygen atoms in total. The third-order valence-electron chi connectivity index (χ3n) is 2.59. The highest BCUT2D eigenvalue weighted by molar-refractivity contribution is 5.70. The molecule has 0 amide bonds. The van der Waals surface area contributed by atoms with Crippen molar-refractivity contribution in [2.45, 2.75) is 32.7 Å². The van der Waals surface area contributed by atoms with Gasteiger partial charge in [-0.15, -0.1) is 0 Å². The standard InChI is InChI=1S/C9H17NO2/c1-6(2)8-5-7(9(11)12)3-4-10-8/h6-8,10H,3-5H2,1-2H3,(H,11,12). The van der Waals surface area contributed by atoms with Gasteiger partial charge in [-0.3, -0.25) is 4.79 Å². The molecule has 3 heteroatoms. The summed E-state index contributed by atoms with van der Waals surface area (Å²) in [6.07, 6.45) is 1.56. The Morgan fingerprint density at radius 3 is 2.75 bits per heavy atom. The maximum Gasteiger partial charge on any atom is 0.306 e. The van der Waals surface area contributed by atoms with Gasteiger partial charge in [0.2, 0.25) is 0 Å². The molecular weight excluding hydrogens is 154 g/mol. The second kappa shape index (κ2) is 3.90. The van der Waals surface area contributed by atoms with Crippen LogP contribution in [0.4, 0.5) is 0 Å². The minimum atomic E-state index is -0.637. The van der Waals surface area contributed by atoms with E-state index in [1.165, 1.54) is 0 Å². The number of aliphatic carboxylic acids is 1. The molecule has 1 aliphatic heterocycles. The number of hydrogen-bond acceptors (Lipinski definition) is 2. The molecule has 2 unspecified atom stereocenters. The van der Waals surface area contributed by atoms with Crippen LogP contribution in [-0.2, 0) is 4.79 Å². The fraction of sp³-hybridized carbons (Fsp3) is 0.889. The zero-order chi connectivity index (χ0) is 9.14. The Kier molecular flexibility index (Phi) is 3.09. The number of piperidine rings is 1. The average molecular weight is 171 g/mol. The molecule has 2 N–H and O–H groups in total. The first kappa shape index (κ1) is 9.52. The summed E-state index contributed by atoms with van der Waals surface area (Å²) in [6.45, 7) is 5.10. The van der Waals surface area contributed by atoms with Gasteiger partial charge in [-0.25, -0.2) is 0 Å². The van der Waals surface area contributed by atoms with E-state index in [4.69, 9.17) is 5.11 Å². The van der Waals surface area contributed by atoms with Gasteiger partial charge in [0.25, 0.3) is 0 Å². The average Bonchev–Trinajstić information content (AvgIpc) is 2.04. The smallest absolute Gasteiger partial charge is 0.306 e. The summed E-state index contributed by atoms with van der Waals surface area (Å²) in [5.41, 5.74) is 0. The van der Waals surface area contributed by atoms with Crippen LogP contribution in [0.5, 0.6) is 0 Å². The number of carboxylic acids is 1. The highest BCUT2D eigenvalue weighted by atomic mass is 16.4. The van der Waals surface area contributed by atoms with Crippen molar-refractivity contribution in [1.82, 2.24) is 5.32 Å². The third kappa shape index (κ3) is 2.21. The second-order valence-electron chi connectivity index (χ2n) is 3.86. The Balaban J connectivity index is 2.46. The van der Waals surface area contributed by atoms with E-state index in [1.807, 2.05) is 0 Å². The Labute approximate surface area is 73.2 Å². The molecule has 0 aromatic rings. The Morgan fingerprint density at radius 1 is 1.58 bits per heavy atom. The van der Waals surface area contributed by atoms with E-state index in [0.29, 0.717) is 12.0 Å². The number of nitrogens with one attached hydrogen (secondary N) is 1. The first-order valence-electron chi connectivity index (χ1n) is 4.57. The highest BCUT2D eigenvalue weighted by Gasteiger charge is 2.27. The van der Waals surface area contributed by atoms with Gasteiger partial charge >= 0.3 is 5.97 Å². The summed E-state index contributed by atoms with van der Waals surface area (Å²) in [5, 5.41) is 12.2. The topological polar surface area (TPSA) is 49.3 Å². The van der Waals surface area contributed by atoms with Crippen molar-refractivity contribution in [1.29, 1.82) is 0 Å². The normalized spacial score (nSPS) is 30.6. The third-order valence-corrected chi connectivity index (χ3v) is 2.59. The highest BCUT2D eigenvalue weighted by Crippen LogP contribution is 2.20. The van der Waals surface area contributed by atoms with Crippen molar-refractivity contribution >= 4 is 5.97 Å². The number of hydrogen-bond donors (Lipinski definition) is 2. The minimum Gasteiger partial charge on any atom is -0.481 e. The van der Waals surface area contributed by atoms with Crippen molar-refractivity contribution in [3.8, 4) is 0 Å². The fourth-order valence-corrected chi connectivity index (χ4v) is 1.68. The Bertz CT molecular complexity index is 168. The van der Waals surface area contributed by atoms with Crippen LogP contribution in [0.25, 0.3) is 0 Å². The van der Waals surface area contributed by atoms with Crippen molar-refractivity contribution in [2.24, 2.45) is 11.8 Å². The summed E-state index contributed by atoms with van der Waals surface area (Å²) < 4.78 is 0. The van der Waals surface area contributed by atoms with Gasteiger partial charge in [-0.1, -0.05) is 13.8 Å². The summed E-state index contributed by atoms with van der Waals surface area (Å²) in [7, 11) is 0. The lowest BCUT2D eigenvalue weighted by atomic mass is 9.87. The number of rotatable bonds is 2. The maximum absolute atomic E-state index is 10.7. The van der Waals surface area contributed by atoms with Crippen LogP contribution < -0.4 is 5.32 Å². The molecule has 0 aromatic heterocycles. The lowest BCUT2D eigenvalue weighted by molar-refractivity contribution is -0.143. The molecule has 12 heavy (non-hydrogen) atoms. The molecule has 70 valence electrons. The monoisotopic (exact) mass is 171 g/mol. The molecule has 1 aliphatic rings. The van der Waals surface area contributed by atoms with E-state index in [9.17, 15) is 4.79 Å². The van der Waals surface area contributed by atoms with Crippen LogP contribution in [0.2, 0.25) is 0 Å². The van der Waals surface area contributed by atoms with Crippen LogP contribution in [0.15, 0.2) is 0 Å². The van der Waals surface area contributed by atoms with E-state index in [2.05, 4.69) is 19.2 Å². The van der Waals surface area contributed by atoms with Crippen molar-refractivity contribution in [3.05, 3.63) is 0 Å². The Hall–Kier alpha value is -0.570. The van der Waals surface area contributed by atoms with Crippen molar-refractivity contribution in [2.75, 3.05) is 6.54 Å². The maximum atomic E-state index is 10.7. The first-order chi connectivity index (χ1) is 5.61. The van der Waals surface area contributed by atoms with Crippen molar-refractivity contribution < 1.29 is 9.90 Å². The van der Waals surface area contributed by atoms with E-state index in [-0.39, 0.29) is 5.92 Å². The van der Waals surface area contributed by atoms with E-state index >= 15 is 0 Å². The molecule has 2 atom stereocenters. The molecule has 0 aromatic carbocycles. The molecule has 0 saturated carbocycles. The molecule has 0 radical (unpaired) electrons. The van der Waals surface area contributed by atoms with Gasteiger partial charge in [0.05, 0.1) is 5.92 Å². The van der Waals surface area contributed by atoms with E-state index in [1.54, 1.807) is 0 Å².